The first-order chi connectivity index (χ1) is 8.72. The highest BCUT2D eigenvalue weighted by molar-refractivity contribution is 6.30. The van der Waals surface area contributed by atoms with E-state index in [1.807, 2.05) is 19.2 Å². The van der Waals surface area contributed by atoms with Crippen LogP contribution in [0.3, 0.4) is 0 Å². The molecule has 0 saturated heterocycles. The highest BCUT2D eigenvalue weighted by Gasteiger charge is 2.44. The summed E-state index contributed by atoms with van der Waals surface area (Å²) in [7, 11) is 1.83. The Morgan fingerprint density at radius 1 is 1.33 bits per heavy atom. The van der Waals surface area contributed by atoms with Gasteiger partial charge in [0.25, 0.3) is 0 Å². The minimum Gasteiger partial charge on any atom is -0.376 e. The average molecular weight is 268 g/mol. The molecule has 0 amide bonds. The molecule has 0 aromatic heterocycles. The van der Waals surface area contributed by atoms with Crippen LogP contribution in [0.25, 0.3) is 0 Å². The largest absolute Gasteiger partial charge is 0.376 e. The predicted octanol–water partition coefficient (Wildman–Crippen LogP) is 3.95. The summed E-state index contributed by atoms with van der Waals surface area (Å²) in [5.41, 5.74) is 1.25. The maximum Gasteiger partial charge on any atom is 0.0872 e. The fourth-order valence-corrected chi connectivity index (χ4v) is 2.81. The lowest BCUT2D eigenvalue weighted by Crippen LogP contribution is -2.50. The predicted molar refractivity (Wildman–Crippen MR) is 76.1 cm³/mol. The van der Waals surface area contributed by atoms with E-state index in [2.05, 4.69) is 24.4 Å². The summed E-state index contributed by atoms with van der Waals surface area (Å²) in [4.78, 5) is 0. The van der Waals surface area contributed by atoms with Crippen molar-refractivity contribution in [3.05, 3.63) is 34.9 Å². The number of hydrogen-bond donors (Lipinski definition) is 1. The minimum atomic E-state index is -0.0248. The minimum absolute atomic E-state index is 0.0248. The maximum atomic E-state index is 5.97. The Kier molecular flexibility index (Phi) is 4.66. The molecule has 1 aliphatic rings. The Morgan fingerprint density at radius 3 is 2.44 bits per heavy atom. The van der Waals surface area contributed by atoms with Gasteiger partial charge in [0.15, 0.2) is 0 Å². The van der Waals surface area contributed by atoms with Crippen LogP contribution in [0.5, 0.6) is 0 Å². The lowest BCUT2D eigenvalue weighted by Gasteiger charge is -2.47. The van der Waals surface area contributed by atoms with Crippen LogP contribution in [-0.2, 0) is 4.74 Å². The normalized spacial score (nSPS) is 19.3. The number of nitrogens with one attached hydrogen (secondary N) is 1. The van der Waals surface area contributed by atoms with Crippen LogP contribution in [-0.4, -0.2) is 19.3 Å². The van der Waals surface area contributed by atoms with Gasteiger partial charge in [-0.2, -0.15) is 0 Å². The lowest BCUT2D eigenvalue weighted by molar-refractivity contribution is -0.0997. The van der Waals surface area contributed by atoms with Gasteiger partial charge in [-0.25, -0.2) is 0 Å². The first-order valence-electron chi connectivity index (χ1n) is 6.76. The number of rotatable bonds is 6. The van der Waals surface area contributed by atoms with Gasteiger partial charge >= 0.3 is 0 Å². The lowest BCUT2D eigenvalue weighted by atomic mass is 9.72. The van der Waals surface area contributed by atoms with Crippen molar-refractivity contribution in [3.8, 4) is 0 Å². The number of halogens is 1. The highest BCUT2D eigenvalue weighted by Crippen LogP contribution is 2.44. The SMILES string of the molecule is CCCNC(c1ccc(Cl)cc1)C1(OC)CCC1. The summed E-state index contributed by atoms with van der Waals surface area (Å²) >= 11 is 5.97. The molecule has 1 aliphatic carbocycles. The zero-order chi connectivity index (χ0) is 13.0. The molecule has 0 aliphatic heterocycles. The van der Waals surface area contributed by atoms with Crippen molar-refractivity contribution < 1.29 is 4.74 Å². The summed E-state index contributed by atoms with van der Waals surface area (Å²) in [6, 6.07) is 8.40. The van der Waals surface area contributed by atoms with Crippen molar-refractivity contribution in [3.63, 3.8) is 0 Å². The standard InChI is InChI=1S/C15H22ClNO/c1-3-11-17-14(15(18-2)9-4-10-15)12-5-7-13(16)8-6-12/h5-8,14,17H,3-4,9-11H2,1-2H3. The third kappa shape index (κ3) is 2.71. The fourth-order valence-electron chi connectivity index (χ4n) is 2.69. The van der Waals surface area contributed by atoms with Crippen LogP contribution in [0.4, 0.5) is 0 Å². The molecule has 1 saturated carbocycles. The van der Waals surface area contributed by atoms with E-state index in [0.29, 0.717) is 0 Å². The van der Waals surface area contributed by atoms with Gasteiger partial charge < -0.3 is 10.1 Å². The molecule has 1 N–H and O–H groups in total. The van der Waals surface area contributed by atoms with Gasteiger partial charge in [-0.3, -0.25) is 0 Å². The first-order valence-corrected chi connectivity index (χ1v) is 7.13. The molecule has 0 spiro atoms. The first kappa shape index (κ1) is 13.9. The van der Waals surface area contributed by atoms with Crippen LogP contribution in [0.15, 0.2) is 24.3 Å². The fraction of sp³-hybridized carbons (Fsp3) is 0.600. The average Bonchev–Trinajstić information content (AvgIpc) is 2.34. The van der Waals surface area contributed by atoms with Crippen LogP contribution < -0.4 is 5.32 Å². The highest BCUT2D eigenvalue weighted by atomic mass is 35.5. The smallest absolute Gasteiger partial charge is 0.0872 e. The summed E-state index contributed by atoms with van der Waals surface area (Å²) < 4.78 is 5.82. The maximum absolute atomic E-state index is 5.97. The van der Waals surface area contributed by atoms with Crippen molar-refractivity contribution in [1.29, 1.82) is 0 Å². The number of benzene rings is 1. The molecule has 3 heteroatoms. The number of ether oxygens (including phenoxy) is 1. The summed E-state index contributed by atoms with van der Waals surface area (Å²) in [6.07, 6.45) is 4.65. The molecule has 1 aromatic rings. The third-order valence-electron chi connectivity index (χ3n) is 3.93. The number of hydrogen-bond acceptors (Lipinski definition) is 2. The van der Waals surface area contributed by atoms with Crippen molar-refractivity contribution in [2.45, 2.75) is 44.2 Å². The molecule has 1 aromatic carbocycles. The van der Waals surface area contributed by atoms with E-state index in [1.54, 1.807) is 0 Å². The Labute approximate surface area is 115 Å². The molecular formula is C15H22ClNO. The summed E-state index contributed by atoms with van der Waals surface area (Å²) in [5, 5.41) is 4.42. The van der Waals surface area contributed by atoms with Crippen molar-refractivity contribution >= 4 is 11.6 Å². The molecule has 0 radical (unpaired) electrons. The Bertz CT molecular complexity index is 367. The zero-order valence-corrected chi connectivity index (χ0v) is 12.0. The monoisotopic (exact) mass is 267 g/mol. The molecule has 2 rings (SSSR count). The van der Waals surface area contributed by atoms with Gasteiger partial charge in [0.2, 0.25) is 0 Å². The molecular weight excluding hydrogens is 246 g/mol. The van der Waals surface area contributed by atoms with Gasteiger partial charge in [0.05, 0.1) is 11.6 Å². The molecule has 1 unspecified atom stereocenters. The molecule has 0 heterocycles. The van der Waals surface area contributed by atoms with Gasteiger partial charge in [0, 0.05) is 12.1 Å². The van der Waals surface area contributed by atoms with Gasteiger partial charge in [-0.15, -0.1) is 0 Å². The molecule has 18 heavy (non-hydrogen) atoms. The Morgan fingerprint density at radius 2 is 2.00 bits per heavy atom. The van der Waals surface area contributed by atoms with Gasteiger partial charge in [-0.05, 0) is 49.9 Å². The van der Waals surface area contributed by atoms with E-state index in [-0.39, 0.29) is 11.6 Å². The molecule has 2 nitrogen and oxygen atoms in total. The van der Waals surface area contributed by atoms with Crippen LogP contribution in [0.2, 0.25) is 5.02 Å². The zero-order valence-electron chi connectivity index (χ0n) is 11.2. The van der Waals surface area contributed by atoms with Crippen LogP contribution >= 0.6 is 11.6 Å². The van der Waals surface area contributed by atoms with E-state index in [1.165, 1.54) is 12.0 Å². The van der Waals surface area contributed by atoms with E-state index in [9.17, 15) is 0 Å². The van der Waals surface area contributed by atoms with Crippen molar-refractivity contribution in [2.75, 3.05) is 13.7 Å². The molecule has 1 atom stereocenters. The van der Waals surface area contributed by atoms with Gasteiger partial charge in [-0.1, -0.05) is 30.7 Å². The van der Waals surface area contributed by atoms with E-state index in [4.69, 9.17) is 16.3 Å². The second-order valence-corrected chi connectivity index (χ2v) is 5.50. The topological polar surface area (TPSA) is 21.3 Å². The summed E-state index contributed by atoms with van der Waals surface area (Å²) in [5.74, 6) is 0. The van der Waals surface area contributed by atoms with Crippen molar-refractivity contribution in [2.24, 2.45) is 0 Å². The van der Waals surface area contributed by atoms with Crippen LogP contribution in [0.1, 0.15) is 44.2 Å². The Balaban J connectivity index is 2.21. The second-order valence-electron chi connectivity index (χ2n) is 5.06. The molecule has 0 bridgehead atoms. The molecule has 100 valence electrons. The summed E-state index contributed by atoms with van der Waals surface area (Å²) in [6.45, 7) is 3.20. The quantitative estimate of drug-likeness (QED) is 0.843. The van der Waals surface area contributed by atoms with Crippen LogP contribution in [0, 0.1) is 0 Å². The van der Waals surface area contributed by atoms with E-state index < -0.39 is 0 Å². The van der Waals surface area contributed by atoms with Gasteiger partial charge in [0.1, 0.15) is 0 Å². The number of methoxy groups -OCH3 is 1. The van der Waals surface area contributed by atoms with E-state index >= 15 is 0 Å². The second kappa shape index (κ2) is 6.05. The third-order valence-corrected chi connectivity index (χ3v) is 4.19. The van der Waals surface area contributed by atoms with E-state index in [0.717, 1.165) is 30.8 Å². The molecule has 1 fully saturated rings. The Hall–Kier alpha value is -0.570. The van der Waals surface area contributed by atoms with Crippen molar-refractivity contribution in [1.82, 2.24) is 5.32 Å².